The lowest BCUT2D eigenvalue weighted by Gasteiger charge is -2.12. The molecule has 2 aromatic rings. The smallest absolute Gasteiger partial charge is 0.161 e. The average Bonchev–Trinajstić information content (AvgIpc) is 2.85. The van der Waals surface area contributed by atoms with E-state index in [1.54, 1.807) is 13.2 Å². The quantitative estimate of drug-likeness (QED) is 0.879. The third kappa shape index (κ3) is 3.11. The van der Waals surface area contributed by atoms with Crippen LogP contribution in [0.5, 0.6) is 11.5 Å². The number of aliphatic hydroxyl groups excluding tert-OH is 1. The van der Waals surface area contributed by atoms with Crippen molar-refractivity contribution in [3.8, 4) is 11.5 Å². The highest BCUT2D eigenvalue weighted by Gasteiger charge is 2.09. The van der Waals surface area contributed by atoms with Crippen molar-refractivity contribution in [2.45, 2.75) is 33.6 Å². The van der Waals surface area contributed by atoms with Gasteiger partial charge in [0.25, 0.3) is 0 Å². The van der Waals surface area contributed by atoms with E-state index in [0.29, 0.717) is 18.1 Å². The van der Waals surface area contributed by atoms with E-state index in [2.05, 4.69) is 5.10 Å². The Morgan fingerprint density at radius 2 is 2.05 bits per heavy atom. The van der Waals surface area contributed by atoms with Crippen molar-refractivity contribution in [3.05, 3.63) is 41.2 Å². The minimum Gasteiger partial charge on any atom is -0.493 e. The molecule has 0 saturated heterocycles. The summed E-state index contributed by atoms with van der Waals surface area (Å²) in [6.45, 7) is 5.24. The van der Waals surface area contributed by atoms with E-state index in [9.17, 15) is 0 Å². The average molecular weight is 276 g/mol. The Balaban J connectivity index is 2.14. The Hall–Kier alpha value is -2.01. The number of methoxy groups -OCH3 is 1. The molecule has 0 fully saturated rings. The third-order valence-corrected chi connectivity index (χ3v) is 3.07. The predicted molar refractivity (Wildman–Crippen MR) is 75.9 cm³/mol. The molecule has 0 bridgehead atoms. The van der Waals surface area contributed by atoms with Gasteiger partial charge in [-0.25, -0.2) is 0 Å². The summed E-state index contributed by atoms with van der Waals surface area (Å²) in [7, 11) is 1.59. The van der Waals surface area contributed by atoms with Crippen LogP contribution in [0.3, 0.4) is 0 Å². The van der Waals surface area contributed by atoms with Gasteiger partial charge in [-0.3, -0.25) is 4.68 Å². The minimum absolute atomic E-state index is 0.0154. The van der Waals surface area contributed by atoms with Crippen LogP contribution in [0.2, 0.25) is 0 Å². The lowest BCUT2D eigenvalue weighted by atomic mass is 10.2. The number of hydrogen-bond donors (Lipinski definition) is 1. The van der Waals surface area contributed by atoms with Gasteiger partial charge in [-0.05, 0) is 37.6 Å². The van der Waals surface area contributed by atoms with Crippen LogP contribution in [-0.4, -0.2) is 22.0 Å². The fourth-order valence-electron chi connectivity index (χ4n) is 2.07. The number of aliphatic hydroxyl groups is 1. The van der Waals surface area contributed by atoms with Crippen LogP contribution in [0.25, 0.3) is 0 Å². The van der Waals surface area contributed by atoms with Crippen molar-refractivity contribution in [1.29, 1.82) is 0 Å². The topological polar surface area (TPSA) is 56.5 Å². The maximum atomic E-state index is 9.12. The molecule has 1 aromatic carbocycles. The first-order valence-electron chi connectivity index (χ1n) is 6.61. The molecule has 0 aliphatic rings. The first-order chi connectivity index (χ1) is 9.67. The first kappa shape index (κ1) is 14.4. The maximum absolute atomic E-state index is 9.12. The number of aryl methyl sites for hydroxylation is 2. The summed E-state index contributed by atoms with van der Waals surface area (Å²) in [6.07, 6.45) is 0. The van der Waals surface area contributed by atoms with E-state index < -0.39 is 0 Å². The molecule has 0 saturated carbocycles. The van der Waals surface area contributed by atoms with E-state index in [4.69, 9.17) is 14.6 Å². The number of aromatic nitrogens is 2. The normalized spacial score (nSPS) is 10.6. The molecule has 20 heavy (non-hydrogen) atoms. The van der Waals surface area contributed by atoms with E-state index in [1.165, 1.54) is 0 Å². The van der Waals surface area contributed by atoms with Crippen molar-refractivity contribution in [3.63, 3.8) is 0 Å². The van der Waals surface area contributed by atoms with E-state index in [0.717, 1.165) is 23.5 Å². The SMILES string of the molecule is CCn1nc(C)cc1COc1ccc(CO)cc1OC. The summed E-state index contributed by atoms with van der Waals surface area (Å²) in [6, 6.07) is 7.42. The van der Waals surface area contributed by atoms with Gasteiger partial charge in [-0.1, -0.05) is 6.07 Å². The molecule has 0 amide bonds. The van der Waals surface area contributed by atoms with Gasteiger partial charge >= 0.3 is 0 Å². The Bertz CT molecular complexity index is 578. The molecule has 0 radical (unpaired) electrons. The molecular weight excluding hydrogens is 256 g/mol. The van der Waals surface area contributed by atoms with Crippen LogP contribution in [0, 0.1) is 6.92 Å². The molecule has 2 rings (SSSR count). The lowest BCUT2D eigenvalue weighted by Crippen LogP contribution is -2.06. The number of benzene rings is 1. The van der Waals surface area contributed by atoms with Crippen LogP contribution in [-0.2, 0) is 19.8 Å². The standard InChI is InChI=1S/C15H20N2O3/c1-4-17-13(7-11(2)16-17)10-20-14-6-5-12(9-18)8-15(14)19-3/h5-8,18H,4,9-10H2,1-3H3. The maximum Gasteiger partial charge on any atom is 0.161 e. The molecule has 108 valence electrons. The molecule has 0 unspecified atom stereocenters. The van der Waals surface area contributed by atoms with Crippen LogP contribution in [0.1, 0.15) is 23.9 Å². The molecule has 0 spiro atoms. The molecule has 0 aliphatic heterocycles. The molecule has 1 heterocycles. The zero-order valence-electron chi connectivity index (χ0n) is 12.1. The van der Waals surface area contributed by atoms with Crippen molar-refractivity contribution >= 4 is 0 Å². The highest BCUT2D eigenvalue weighted by molar-refractivity contribution is 5.42. The number of rotatable bonds is 6. The second kappa shape index (κ2) is 6.43. The van der Waals surface area contributed by atoms with E-state index in [1.807, 2.05) is 36.7 Å². The summed E-state index contributed by atoms with van der Waals surface area (Å²) in [5, 5.41) is 13.5. The Morgan fingerprint density at radius 1 is 1.25 bits per heavy atom. The van der Waals surface area contributed by atoms with Gasteiger partial charge < -0.3 is 14.6 Å². The third-order valence-electron chi connectivity index (χ3n) is 3.07. The Labute approximate surface area is 118 Å². The van der Waals surface area contributed by atoms with Crippen LogP contribution in [0.4, 0.5) is 0 Å². The summed E-state index contributed by atoms with van der Waals surface area (Å²) in [5.41, 5.74) is 2.80. The van der Waals surface area contributed by atoms with Gasteiger partial charge in [0.2, 0.25) is 0 Å². The van der Waals surface area contributed by atoms with Gasteiger partial charge in [-0.15, -0.1) is 0 Å². The second-order valence-electron chi connectivity index (χ2n) is 4.52. The summed E-state index contributed by atoms with van der Waals surface area (Å²) >= 11 is 0. The zero-order chi connectivity index (χ0) is 14.5. The molecule has 1 N–H and O–H groups in total. The fourth-order valence-corrected chi connectivity index (χ4v) is 2.07. The predicted octanol–water partition coefficient (Wildman–Crippen LogP) is 2.29. The fraction of sp³-hybridized carbons (Fsp3) is 0.400. The van der Waals surface area contributed by atoms with Crippen molar-refractivity contribution in [2.24, 2.45) is 0 Å². The summed E-state index contributed by atoms with van der Waals surface area (Å²) < 4.78 is 13.0. The minimum atomic E-state index is -0.0154. The zero-order valence-corrected chi connectivity index (χ0v) is 12.1. The summed E-state index contributed by atoms with van der Waals surface area (Å²) in [5.74, 6) is 1.28. The summed E-state index contributed by atoms with van der Waals surface area (Å²) in [4.78, 5) is 0. The molecular formula is C15H20N2O3. The molecule has 0 aliphatic carbocycles. The van der Waals surface area contributed by atoms with Gasteiger partial charge in [0.15, 0.2) is 11.5 Å². The highest BCUT2D eigenvalue weighted by atomic mass is 16.5. The van der Waals surface area contributed by atoms with Crippen molar-refractivity contribution in [1.82, 2.24) is 9.78 Å². The largest absolute Gasteiger partial charge is 0.493 e. The lowest BCUT2D eigenvalue weighted by molar-refractivity contribution is 0.268. The van der Waals surface area contributed by atoms with Gasteiger partial charge in [0, 0.05) is 6.54 Å². The Kier molecular flexibility index (Phi) is 4.63. The van der Waals surface area contributed by atoms with Gasteiger partial charge in [-0.2, -0.15) is 5.10 Å². The van der Waals surface area contributed by atoms with Crippen LogP contribution < -0.4 is 9.47 Å². The second-order valence-corrected chi connectivity index (χ2v) is 4.52. The number of ether oxygens (including phenoxy) is 2. The monoisotopic (exact) mass is 276 g/mol. The first-order valence-corrected chi connectivity index (χ1v) is 6.61. The molecule has 0 atom stereocenters. The number of hydrogen-bond acceptors (Lipinski definition) is 4. The van der Waals surface area contributed by atoms with Gasteiger partial charge in [0.1, 0.15) is 6.61 Å². The van der Waals surface area contributed by atoms with Gasteiger partial charge in [0.05, 0.1) is 25.1 Å². The van der Waals surface area contributed by atoms with Crippen LogP contribution in [0.15, 0.2) is 24.3 Å². The highest BCUT2D eigenvalue weighted by Crippen LogP contribution is 2.28. The molecule has 5 heteroatoms. The molecule has 5 nitrogen and oxygen atoms in total. The molecule has 1 aromatic heterocycles. The van der Waals surface area contributed by atoms with Crippen molar-refractivity contribution in [2.75, 3.05) is 7.11 Å². The van der Waals surface area contributed by atoms with Crippen LogP contribution >= 0.6 is 0 Å². The van der Waals surface area contributed by atoms with E-state index >= 15 is 0 Å². The van der Waals surface area contributed by atoms with E-state index in [-0.39, 0.29) is 6.61 Å². The van der Waals surface area contributed by atoms with Crippen molar-refractivity contribution < 1.29 is 14.6 Å². The Morgan fingerprint density at radius 3 is 2.70 bits per heavy atom. The number of nitrogens with zero attached hydrogens (tertiary/aromatic N) is 2.